The van der Waals surface area contributed by atoms with Crippen molar-refractivity contribution >= 4 is 58.0 Å². The Morgan fingerprint density at radius 3 is 2.43 bits per heavy atom. The molecule has 3 aromatic rings. The van der Waals surface area contributed by atoms with E-state index in [0.29, 0.717) is 35.2 Å². The SMILES string of the molecule is Cc1[nH]c2c(c1C(=O)NC1(CCN3CCN(c4ccc5c(c4)C(=O)N(C4CCC(=O)NC4=O)C5=O)CC3)CC1)CC/C2=C1/C(=O)Nc2ccc(F)cc21. The molecule has 4 N–H and O–H groups in total. The molecule has 1 unspecified atom stereocenters. The number of allylic oxidation sites excluding steroid dienone is 1. The van der Waals surface area contributed by atoms with Crippen molar-refractivity contribution < 1.29 is 33.2 Å². The van der Waals surface area contributed by atoms with Gasteiger partial charge in [-0.25, -0.2) is 4.39 Å². The number of hydrogen-bond acceptors (Lipinski definition) is 8. The number of carbonyl (C=O) groups excluding carboxylic acids is 6. The highest BCUT2D eigenvalue weighted by Crippen LogP contribution is 2.45. The molecule has 0 radical (unpaired) electrons. The van der Waals surface area contributed by atoms with Crippen molar-refractivity contribution in [2.75, 3.05) is 42.9 Å². The molecule has 14 heteroatoms. The van der Waals surface area contributed by atoms with Crippen LogP contribution in [0.3, 0.4) is 0 Å². The summed E-state index contributed by atoms with van der Waals surface area (Å²) in [5.74, 6) is -2.85. The Morgan fingerprint density at radius 2 is 1.68 bits per heavy atom. The molecule has 53 heavy (non-hydrogen) atoms. The number of aromatic amines is 1. The minimum Gasteiger partial charge on any atom is -0.369 e. The van der Waals surface area contributed by atoms with Crippen LogP contribution in [-0.2, 0) is 20.8 Å². The number of halogens is 1. The Balaban J connectivity index is 0.820. The fourth-order valence-corrected chi connectivity index (χ4v) is 8.70. The van der Waals surface area contributed by atoms with Gasteiger partial charge in [0.25, 0.3) is 23.6 Å². The predicted molar refractivity (Wildman–Crippen MR) is 192 cm³/mol. The molecule has 272 valence electrons. The molecule has 3 fully saturated rings. The number of hydrogen-bond donors (Lipinski definition) is 4. The molecular weight excluding hydrogens is 681 g/mol. The van der Waals surface area contributed by atoms with E-state index in [0.717, 1.165) is 85.1 Å². The van der Waals surface area contributed by atoms with Gasteiger partial charge in [-0.3, -0.25) is 43.9 Å². The molecule has 5 heterocycles. The lowest BCUT2D eigenvalue weighted by molar-refractivity contribution is -0.136. The molecular formula is C39H38FN7O6. The molecule has 4 aliphatic heterocycles. The van der Waals surface area contributed by atoms with E-state index in [-0.39, 0.29) is 41.3 Å². The van der Waals surface area contributed by atoms with Gasteiger partial charge in [0.2, 0.25) is 11.8 Å². The first-order valence-corrected chi connectivity index (χ1v) is 18.2. The number of benzene rings is 2. The molecule has 9 rings (SSSR count). The number of anilines is 2. The number of piperazine rings is 1. The minimum absolute atomic E-state index is 0.0732. The normalized spacial score (nSPS) is 23.2. The molecule has 1 saturated carbocycles. The van der Waals surface area contributed by atoms with E-state index in [9.17, 15) is 33.2 Å². The van der Waals surface area contributed by atoms with Crippen LogP contribution in [0, 0.1) is 12.7 Å². The van der Waals surface area contributed by atoms with E-state index in [4.69, 9.17) is 0 Å². The highest BCUT2D eigenvalue weighted by Gasteiger charge is 2.46. The number of nitrogens with one attached hydrogen (secondary N) is 4. The summed E-state index contributed by atoms with van der Waals surface area (Å²) in [5, 5.41) is 8.41. The maximum atomic E-state index is 14.1. The molecule has 13 nitrogen and oxygen atoms in total. The van der Waals surface area contributed by atoms with Crippen molar-refractivity contribution in [2.45, 2.75) is 63.5 Å². The van der Waals surface area contributed by atoms with Crippen LogP contribution >= 0.6 is 0 Å². The van der Waals surface area contributed by atoms with Crippen molar-refractivity contribution in [1.82, 2.24) is 25.4 Å². The summed E-state index contributed by atoms with van der Waals surface area (Å²) >= 11 is 0. The smallest absolute Gasteiger partial charge is 0.262 e. The fraction of sp³-hybridized carbons (Fsp3) is 0.385. The third-order valence-corrected chi connectivity index (χ3v) is 11.8. The van der Waals surface area contributed by atoms with Gasteiger partial charge in [-0.2, -0.15) is 0 Å². The summed E-state index contributed by atoms with van der Waals surface area (Å²) in [5.41, 5.74) is 6.55. The lowest BCUT2D eigenvalue weighted by atomic mass is 9.99. The number of H-pyrrole nitrogens is 1. The monoisotopic (exact) mass is 719 g/mol. The van der Waals surface area contributed by atoms with Gasteiger partial charge in [0, 0.05) is 73.0 Å². The minimum atomic E-state index is -0.997. The second-order valence-corrected chi connectivity index (χ2v) is 15.0. The Hall–Kier alpha value is -5.63. The van der Waals surface area contributed by atoms with Crippen LogP contribution < -0.4 is 20.9 Å². The maximum Gasteiger partial charge on any atom is 0.262 e. The Bertz CT molecular complexity index is 2210. The van der Waals surface area contributed by atoms with Gasteiger partial charge in [-0.1, -0.05) is 0 Å². The molecule has 6 aliphatic rings. The zero-order valence-electron chi connectivity index (χ0n) is 29.2. The van der Waals surface area contributed by atoms with Crippen LogP contribution in [-0.4, -0.2) is 94.5 Å². The first-order valence-electron chi connectivity index (χ1n) is 18.2. The average molecular weight is 720 g/mol. The lowest BCUT2D eigenvalue weighted by Gasteiger charge is -2.37. The number of rotatable bonds is 7. The third kappa shape index (κ3) is 5.54. The highest BCUT2D eigenvalue weighted by atomic mass is 19.1. The number of aryl methyl sites for hydroxylation is 1. The molecule has 1 aromatic heterocycles. The lowest BCUT2D eigenvalue weighted by Crippen LogP contribution is -2.54. The summed E-state index contributed by atoms with van der Waals surface area (Å²) in [6.07, 6.45) is 4.00. The van der Waals surface area contributed by atoms with Crippen molar-refractivity contribution in [3.8, 4) is 0 Å². The van der Waals surface area contributed by atoms with Gasteiger partial charge in [0.1, 0.15) is 11.9 Å². The van der Waals surface area contributed by atoms with E-state index in [1.165, 1.54) is 12.1 Å². The van der Waals surface area contributed by atoms with E-state index < -0.39 is 35.5 Å². The number of carbonyl (C=O) groups is 6. The zero-order valence-corrected chi connectivity index (χ0v) is 29.2. The Kier molecular flexibility index (Phi) is 7.66. The van der Waals surface area contributed by atoms with Gasteiger partial charge < -0.3 is 20.5 Å². The molecule has 6 amide bonds. The molecule has 2 aliphatic carbocycles. The fourth-order valence-electron chi connectivity index (χ4n) is 8.70. The quantitative estimate of drug-likeness (QED) is 0.214. The maximum absolute atomic E-state index is 14.1. The van der Waals surface area contributed by atoms with Crippen molar-refractivity contribution in [2.24, 2.45) is 0 Å². The number of aromatic nitrogens is 1. The first kappa shape index (κ1) is 33.2. The molecule has 0 spiro atoms. The number of amides is 6. The van der Waals surface area contributed by atoms with E-state index >= 15 is 0 Å². The standard InChI is InChI=1S/C39H38FN7O6/c1-20-31(24-5-6-25(33(24)41-20)32-27-18-21(40)2-7-28(27)42-35(32)50)36(51)44-39(10-11-39)12-13-45-14-16-46(17-15-45)22-3-4-23-26(19-22)38(53)47(37(23)52)29-8-9-30(48)43-34(29)49/h2-4,7,18-19,29,41H,5-6,8-17H2,1H3,(H,42,50)(H,44,51)(H,43,48,49)/b32-25-. The van der Waals surface area contributed by atoms with Crippen LogP contribution in [0.4, 0.5) is 15.8 Å². The summed E-state index contributed by atoms with van der Waals surface area (Å²) in [6, 6.07) is 8.49. The van der Waals surface area contributed by atoms with Gasteiger partial charge in [0.15, 0.2) is 0 Å². The second-order valence-electron chi connectivity index (χ2n) is 15.0. The van der Waals surface area contributed by atoms with Crippen LogP contribution in [0.25, 0.3) is 11.1 Å². The van der Waals surface area contributed by atoms with Crippen LogP contribution in [0.2, 0.25) is 0 Å². The van der Waals surface area contributed by atoms with Crippen LogP contribution in [0.1, 0.15) is 92.1 Å². The zero-order chi connectivity index (χ0) is 36.8. The molecule has 0 bridgehead atoms. The Labute approximate surface area is 303 Å². The summed E-state index contributed by atoms with van der Waals surface area (Å²) < 4.78 is 14.1. The third-order valence-electron chi connectivity index (χ3n) is 11.8. The van der Waals surface area contributed by atoms with Crippen molar-refractivity contribution in [1.29, 1.82) is 0 Å². The Morgan fingerprint density at radius 1 is 0.906 bits per heavy atom. The van der Waals surface area contributed by atoms with Gasteiger partial charge in [0.05, 0.1) is 22.3 Å². The van der Waals surface area contributed by atoms with E-state index in [1.807, 2.05) is 13.0 Å². The first-order chi connectivity index (χ1) is 25.5. The predicted octanol–water partition coefficient (Wildman–Crippen LogP) is 3.15. The van der Waals surface area contributed by atoms with E-state index in [1.54, 1.807) is 18.2 Å². The summed E-state index contributed by atoms with van der Waals surface area (Å²) in [4.78, 5) is 86.1. The number of nitrogens with zero attached hydrogens (tertiary/aromatic N) is 3. The topological polar surface area (TPSA) is 164 Å². The summed E-state index contributed by atoms with van der Waals surface area (Å²) in [6.45, 7) is 5.72. The van der Waals surface area contributed by atoms with Crippen molar-refractivity contribution in [3.05, 3.63) is 81.4 Å². The average Bonchev–Trinajstić information content (AvgIpc) is 3.34. The second kappa shape index (κ2) is 12.2. The molecule has 2 aromatic carbocycles. The van der Waals surface area contributed by atoms with Gasteiger partial charge in [-0.15, -0.1) is 0 Å². The largest absolute Gasteiger partial charge is 0.369 e. The van der Waals surface area contributed by atoms with Crippen LogP contribution in [0.15, 0.2) is 36.4 Å². The number of fused-ring (bicyclic) bond motifs is 3. The molecule has 1 atom stereocenters. The highest BCUT2D eigenvalue weighted by molar-refractivity contribution is 6.37. The number of piperidine rings is 1. The summed E-state index contributed by atoms with van der Waals surface area (Å²) in [7, 11) is 0. The molecule has 2 saturated heterocycles. The number of imide groups is 2. The van der Waals surface area contributed by atoms with Gasteiger partial charge in [-0.05, 0) is 93.0 Å². The van der Waals surface area contributed by atoms with E-state index in [2.05, 4.69) is 30.7 Å². The van der Waals surface area contributed by atoms with Crippen molar-refractivity contribution in [3.63, 3.8) is 0 Å². The van der Waals surface area contributed by atoms with Crippen LogP contribution in [0.5, 0.6) is 0 Å². The van der Waals surface area contributed by atoms with Gasteiger partial charge >= 0.3 is 0 Å².